The minimum atomic E-state index is -0.759. The van der Waals surface area contributed by atoms with E-state index in [1.807, 2.05) is 0 Å². The van der Waals surface area contributed by atoms with Gasteiger partial charge in [-0.25, -0.2) is 0 Å². The molecule has 0 amide bonds. The maximum atomic E-state index is 7.46. The number of hydrogen-bond acceptors (Lipinski definition) is 3. The van der Waals surface area contributed by atoms with Crippen molar-refractivity contribution >= 4 is 28.2 Å². The molecular weight excluding hydrogens is 572 g/mol. The third kappa shape index (κ3) is 4.26. The van der Waals surface area contributed by atoms with Gasteiger partial charge in [0.1, 0.15) is 5.75 Å². The van der Waals surface area contributed by atoms with E-state index < -0.39 is 5.60 Å². The Balaban J connectivity index is 1.13. The topological polar surface area (TPSA) is 15.7 Å². The third-order valence-electron chi connectivity index (χ3n) is 10.7. The van der Waals surface area contributed by atoms with Gasteiger partial charge in [0.25, 0.3) is 0 Å². The summed E-state index contributed by atoms with van der Waals surface area (Å²) in [5.41, 5.74) is 10.5. The fourth-order valence-corrected chi connectivity index (χ4v) is 8.35. The molecule has 0 spiro atoms. The van der Waals surface area contributed by atoms with Crippen LogP contribution in [0.25, 0.3) is 28.0 Å². The Bertz CT molecular complexity index is 2140. The van der Waals surface area contributed by atoms with E-state index in [2.05, 4.69) is 169 Å². The summed E-state index contributed by atoms with van der Waals surface area (Å²) in [6, 6.07) is 48.3. The summed E-state index contributed by atoms with van der Waals surface area (Å²) >= 11 is 0. The predicted octanol–water partition coefficient (Wildman–Crippen LogP) is 9.82. The lowest BCUT2D eigenvalue weighted by molar-refractivity contribution is 0.163. The quantitative estimate of drug-likeness (QED) is 0.198. The molecule has 1 aliphatic carbocycles. The molecule has 3 heteroatoms. The lowest BCUT2D eigenvalue weighted by atomic mass is 9.77. The monoisotopic (exact) mass is 610 g/mol. The predicted molar refractivity (Wildman–Crippen MR) is 196 cm³/mol. The fourth-order valence-electron chi connectivity index (χ4n) is 8.35. The van der Waals surface area contributed by atoms with Gasteiger partial charge in [0, 0.05) is 65.0 Å². The average molecular weight is 611 g/mol. The second-order valence-electron chi connectivity index (χ2n) is 13.6. The first-order chi connectivity index (χ1) is 23.0. The molecule has 0 saturated carbocycles. The summed E-state index contributed by atoms with van der Waals surface area (Å²) in [5, 5.41) is 2.41. The molecule has 1 atom stereocenters. The molecule has 3 aliphatic rings. The van der Waals surface area contributed by atoms with Gasteiger partial charge in [-0.2, -0.15) is 0 Å². The number of rotatable bonds is 4. The van der Waals surface area contributed by atoms with Crippen LogP contribution in [0.5, 0.6) is 5.75 Å². The van der Waals surface area contributed by atoms with Crippen LogP contribution in [0.2, 0.25) is 0 Å². The third-order valence-corrected chi connectivity index (χ3v) is 10.7. The summed E-state index contributed by atoms with van der Waals surface area (Å²) < 4.78 is 7.46. The van der Waals surface area contributed by atoms with E-state index in [1.54, 1.807) is 0 Å². The van der Waals surface area contributed by atoms with Crippen LogP contribution in [0.1, 0.15) is 41.7 Å². The van der Waals surface area contributed by atoms with Crippen molar-refractivity contribution in [2.24, 2.45) is 0 Å². The highest BCUT2D eigenvalue weighted by Crippen LogP contribution is 2.58. The Labute approximate surface area is 277 Å². The lowest BCUT2D eigenvalue weighted by Crippen LogP contribution is -2.46. The van der Waals surface area contributed by atoms with E-state index >= 15 is 0 Å². The van der Waals surface area contributed by atoms with Crippen molar-refractivity contribution < 1.29 is 4.74 Å². The average Bonchev–Trinajstić information content (AvgIpc) is 3.39. The summed E-state index contributed by atoms with van der Waals surface area (Å²) in [6.45, 7) is 8.74. The van der Waals surface area contributed by atoms with Crippen LogP contribution in [0.15, 0.2) is 140 Å². The molecule has 6 aromatic rings. The van der Waals surface area contributed by atoms with E-state index in [1.165, 1.54) is 44.6 Å². The Morgan fingerprint density at radius 1 is 0.553 bits per heavy atom. The summed E-state index contributed by atoms with van der Waals surface area (Å²) in [4.78, 5) is 4.98. The van der Waals surface area contributed by atoms with E-state index in [9.17, 15) is 0 Å². The number of piperazine rings is 1. The number of hydrogen-bond donors (Lipinski definition) is 0. The number of ether oxygens (including phenoxy) is 1. The molecule has 1 fully saturated rings. The first-order valence-electron chi connectivity index (χ1n) is 16.8. The highest BCUT2D eigenvalue weighted by atomic mass is 16.5. The summed E-state index contributed by atoms with van der Waals surface area (Å²) in [5.74, 6) is 0.965. The van der Waals surface area contributed by atoms with Crippen molar-refractivity contribution in [2.45, 2.75) is 24.9 Å². The second kappa shape index (κ2) is 10.6. The SMILES string of the molecule is CC1(C)c2ccccc2-c2c1c1c(c3ccccc23)OC(c2ccccc2)(c2ccc(N3CCN(c4ccccc4)CC3)cc2)C=C1. The Hall–Kier alpha value is -5.28. The Morgan fingerprint density at radius 2 is 1.11 bits per heavy atom. The van der Waals surface area contributed by atoms with Crippen LogP contribution in [-0.2, 0) is 11.0 Å². The molecule has 9 rings (SSSR count). The number of para-hydroxylation sites is 1. The smallest absolute Gasteiger partial charge is 0.178 e. The van der Waals surface area contributed by atoms with Crippen molar-refractivity contribution in [1.29, 1.82) is 0 Å². The standard InChI is InChI=1S/C44H38N2O/c1-43(2)39-20-12-11-19-37(39)40-35-17-9-10-18-36(35)42-38(41(40)43)25-26-44(47-42,31-13-5-3-6-14-31)32-21-23-34(24-22-32)46-29-27-45(28-30-46)33-15-7-4-8-16-33/h3-26H,27-30H2,1-2H3. The van der Waals surface area contributed by atoms with Gasteiger partial charge in [0.05, 0.1) is 0 Å². The van der Waals surface area contributed by atoms with Crippen molar-refractivity contribution in [3.8, 4) is 16.9 Å². The maximum absolute atomic E-state index is 7.46. The fraction of sp³-hybridized carbons (Fsp3) is 0.182. The Kier molecular flexibility index (Phi) is 6.33. The molecular formula is C44H38N2O. The van der Waals surface area contributed by atoms with Gasteiger partial charge in [-0.1, -0.05) is 129 Å². The van der Waals surface area contributed by atoms with Crippen LogP contribution >= 0.6 is 0 Å². The largest absolute Gasteiger partial charge is 0.472 e. The molecule has 230 valence electrons. The number of anilines is 2. The van der Waals surface area contributed by atoms with Gasteiger partial charge in [-0.15, -0.1) is 0 Å². The second-order valence-corrected chi connectivity index (χ2v) is 13.6. The molecule has 0 bridgehead atoms. The van der Waals surface area contributed by atoms with Crippen LogP contribution in [0.3, 0.4) is 0 Å². The van der Waals surface area contributed by atoms with Gasteiger partial charge in [-0.3, -0.25) is 0 Å². The van der Waals surface area contributed by atoms with Gasteiger partial charge >= 0.3 is 0 Å². The van der Waals surface area contributed by atoms with Crippen molar-refractivity contribution in [3.05, 3.63) is 167 Å². The van der Waals surface area contributed by atoms with Crippen molar-refractivity contribution in [2.75, 3.05) is 36.0 Å². The molecule has 6 aromatic carbocycles. The molecule has 1 unspecified atom stereocenters. The first-order valence-corrected chi connectivity index (χ1v) is 16.8. The summed E-state index contributed by atoms with van der Waals surface area (Å²) in [6.07, 6.45) is 4.65. The molecule has 1 saturated heterocycles. The number of nitrogens with zero attached hydrogens (tertiary/aromatic N) is 2. The molecule has 2 aliphatic heterocycles. The molecule has 47 heavy (non-hydrogen) atoms. The normalized spacial score (nSPS) is 19.2. The zero-order valence-corrected chi connectivity index (χ0v) is 27.0. The molecule has 0 radical (unpaired) electrons. The first kappa shape index (κ1) is 28.0. The molecule has 0 N–H and O–H groups in total. The van der Waals surface area contributed by atoms with E-state index in [0.29, 0.717) is 0 Å². The minimum absolute atomic E-state index is 0.146. The van der Waals surface area contributed by atoms with Crippen molar-refractivity contribution in [1.82, 2.24) is 0 Å². The van der Waals surface area contributed by atoms with Crippen LogP contribution in [-0.4, -0.2) is 26.2 Å². The highest BCUT2D eigenvalue weighted by Gasteiger charge is 2.44. The zero-order valence-electron chi connectivity index (χ0n) is 27.0. The van der Waals surface area contributed by atoms with E-state index in [0.717, 1.165) is 48.4 Å². The number of benzene rings is 6. The van der Waals surface area contributed by atoms with Gasteiger partial charge in [0.15, 0.2) is 5.60 Å². The van der Waals surface area contributed by atoms with Gasteiger partial charge in [-0.05, 0) is 58.0 Å². The summed E-state index contributed by atoms with van der Waals surface area (Å²) in [7, 11) is 0. The van der Waals surface area contributed by atoms with Crippen LogP contribution in [0, 0.1) is 0 Å². The highest BCUT2D eigenvalue weighted by molar-refractivity contribution is 6.08. The maximum Gasteiger partial charge on any atom is 0.178 e. The van der Waals surface area contributed by atoms with E-state index in [4.69, 9.17) is 4.74 Å². The number of fused-ring (bicyclic) bond motifs is 8. The van der Waals surface area contributed by atoms with E-state index in [-0.39, 0.29) is 5.41 Å². The lowest BCUT2D eigenvalue weighted by Gasteiger charge is -2.39. The Morgan fingerprint density at radius 3 is 1.81 bits per heavy atom. The minimum Gasteiger partial charge on any atom is -0.472 e. The van der Waals surface area contributed by atoms with Gasteiger partial charge in [0.2, 0.25) is 0 Å². The zero-order chi connectivity index (χ0) is 31.6. The molecule has 0 aromatic heterocycles. The molecule has 3 nitrogen and oxygen atoms in total. The van der Waals surface area contributed by atoms with Crippen LogP contribution in [0.4, 0.5) is 11.4 Å². The molecule has 2 heterocycles. The van der Waals surface area contributed by atoms with Crippen molar-refractivity contribution in [3.63, 3.8) is 0 Å². The van der Waals surface area contributed by atoms with Crippen LogP contribution < -0.4 is 14.5 Å². The van der Waals surface area contributed by atoms with Gasteiger partial charge < -0.3 is 14.5 Å².